The first-order valence-corrected chi connectivity index (χ1v) is 11.3. The smallest absolute Gasteiger partial charge is 0.294 e. The summed E-state index contributed by atoms with van der Waals surface area (Å²) in [4.78, 5) is 38.6. The summed E-state index contributed by atoms with van der Waals surface area (Å²) in [6, 6.07) is 13.6. The normalized spacial score (nSPS) is 14.1. The molecule has 0 atom stereocenters. The van der Waals surface area contributed by atoms with Crippen LogP contribution in [0.25, 0.3) is 6.08 Å². The minimum Gasteiger partial charge on any atom is -0.494 e. The fraction of sp³-hybridized carbons (Fsp3) is 0.250. The highest BCUT2D eigenvalue weighted by atomic mass is 32.2. The third kappa shape index (κ3) is 6.30. The molecule has 3 amide bonds. The van der Waals surface area contributed by atoms with Crippen LogP contribution in [0.4, 0.5) is 10.5 Å². The van der Waals surface area contributed by atoms with E-state index in [-0.39, 0.29) is 11.5 Å². The van der Waals surface area contributed by atoms with Crippen molar-refractivity contribution in [3.05, 3.63) is 52.9 Å². The molecule has 0 bridgehead atoms. The lowest BCUT2D eigenvalue weighted by molar-refractivity contribution is -0.127. The zero-order valence-electron chi connectivity index (χ0n) is 18.7. The topological polar surface area (TPSA) is 118 Å². The van der Waals surface area contributed by atoms with Gasteiger partial charge in [0, 0.05) is 5.69 Å². The van der Waals surface area contributed by atoms with Crippen LogP contribution < -0.4 is 19.5 Å². The van der Waals surface area contributed by atoms with E-state index < -0.39 is 23.6 Å². The summed E-state index contributed by atoms with van der Waals surface area (Å²) in [6.07, 6.45) is 1.55. The Bertz CT molecular complexity index is 1140. The Morgan fingerprint density at radius 3 is 2.47 bits per heavy atom. The number of nitrogens with zero attached hydrogens (tertiary/aromatic N) is 2. The predicted molar refractivity (Wildman–Crippen MR) is 128 cm³/mol. The maximum Gasteiger partial charge on any atom is 0.294 e. The number of amides is 3. The van der Waals surface area contributed by atoms with Crippen LogP contribution in [-0.2, 0) is 9.59 Å². The first kappa shape index (κ1) is 24.7. The monoisotopic (exact) mass is 481 g/mol. The number of thioether (sulfide) groups is 1. The zero-order valence-corrected chi connectivity index (χ0v) is 19.5. The largest absolute Gasteiger partial charge is 0.494 e. The molecular formula is C24H23N3O6S. The van der Waals surface area contributed by atoms with Crippen molar-refractivity contribution in [1.82, 2.24) is 4.90 Å². The highest BCUT2D eigenvalue weighted by Gasteiger charge is 2.36. The molecule has 1 aliphatic rings. The van der Waals surface area contributed by atoms with E-state index in [1.807, 2.05) is 19.9 Å². The van der Waals surface area contributed by atoms with Crippen molar-refractivity contribution in [3.63, 3.8) is 0 Å². The van der Waals surface area contributed by atoms with Crippen LogP contribution in [0.5, 0.6) is 17.2 Å². The van der Waals surface area contributed by atoms with E-state index in [2.05, 4.69) is 5.32 Å². The molecule has 1 aliphatic heterocycles. The SMILES string of the molecule is CCOc1ccc(NC(=O)CN2C(=O)S/C(=C\c3ccc(OCC#N)c(OCC)c3)C2=O)cc1. The summed E-state index contributed by atoms with van der Waals surface area (Å²) >= 11 is 0.757. The molecule has 1 heterocycles. The number of hydrogen-bond acceptors (Lipinski definition) is 8. The molecule has 0 aromatic heterocycles. The summed E-state index contributed by atoms with van der Waals surface area (Å²) < 4.78 is 16.2. The molecule has 10 heteroatoms. The molecular weight excluding hydrogens is 458 g/mol. The van der Waals surface area contributed by atoms with Gasteiger partial charge in [-0.15, -0.1) is 0 Å². The van der Waals surface area contributed by atoms with Gasteiger partial charge < -0.3 is 19.5 Å². The van der Waals surface area contributed by atoms with Crippen LogP contribution in [0.15, 0.2) is 47.4 Å². The third-order valence-electron chi connectivity index (χ3n) is 4.48. The molecule has 1 N–H and O–H groups in total. The number of ether oxygens (including phenoxy) is 3. The van der Waals surface area contributed by atoms with Crippen molar-refractivity contribution < 1.29 is 28.6 Å². The minimum atomic E-state index is -0.556. The standard InChI is InChI=1S/C24H23N3O6S/c1-3-31-18-8-6-17(7-9-18)26-22(28)15-27-23(29)21(34-24(27)30)14-16-5-10-19(33-12-11-25)20(13-16)32-4-2/h5-10,13-14H,3-4,12,15H2,1-2H3,(H,26,28)/b21-14-. The van der Waals surface area contributed by atoms with Gasteiger partial charge in [-0.05, 0) is 73.6 Å². The summed E-state index contributed by atoms with van der Waals surface area (Å²) in [5.41, 5.74) is 1.13. The van der Waals surface area contributed by atoms with Gasteiger partial charge in [0.25, 0.3) is 11.1 Å². The first-order chi connectivity index (χ1) is 16.4. The van der Waals surface area contributed by atoms with E-state index in [1.165, 1.54) is 0 Å². The highest BCUT2D eigenvalue weighted by Crippen LogP contribution is 2.34. The fourth-order valence-corrected chi connectivity index (χ4v) is 3.88. The third-order valence-corrected chi connectivity index (χ3v) is 5.39. The van der Waals surface area contributed by atoms with Crippen LogP contribution >= 0.6 is 11.8 Å². The Labute approximate surface area is 201 Å². The number of nitriles is 1. The van der Waals surface area contributed by atoms with Crippen molar-refractivity contribution in [2.75, 3.05) is 31.7 Å². The molecule has 3 rings (SSSR count). The average Bonchev–Trinajstić information content (AvgIpc) is 3.07. The Hall–Kier alpha value is -3.97. The maximum absolute atomic E-state index is 12.8. The lowest BCUT2D eigenvalue weighted by Gasteiger charge is -2.13. The number of rotatable bonds is 10. The van der Waals surface area contributed by atoms with Crippen LogP contribution in [0.1, 0.15) is 19.4 Å². The molecule has 2 aromatic rings. The van der Waals surface area contributed by atoms with E-state index in [1.54, 1.807) is 48.5 Å². The van der Waals surface area contributed by atoms with Crippen LogP contribution in [-0.4, -0.2) is 48.3 Å². The van der Waals surface area contributed by atoms with E-state index in [0.717, 1.165) is 16.7 Å². The molecule has 0 unspecified atom stereocenters. The summed E-state index contributed by atoms with van der Waals surface area (Å²) in [5, 5.41) is 10.8. The van der Waals surface area contributed by atoms with Gasteiger partial charge in [0.15, 0.2) is 18.1 Å². The van der Waals surface area contributed by atoms with Crippen LogP contribution in [0.2, 0.25) is 0 Å². The Balaban J connectivity index is 1.68. The molecule has 1 saturated heterocycles. The molecule has 0 saturated carbocycles. The van der Waals surface area contributed by atoms with Gasteiger partial charge in [0.2, 0.25) is 5.91 Å². The van der Waals surface area contributed by atoms with Crippen LogP contribution in [0.3, 0.4) is 0 Å². The average molecular weight is 482 g/mol. The minimum absolute atomic E-state index is 0.128. The molecule has 0 radical (unpaired) electrons. The van der Waals surface area contributed by atoms with E-state index in [0.29, 0.717) is 41.7 Å². The lowest BCUT2D eigenvalue weighted by atomic mass is 10.2. The quantitative estimate of drug-likeness (QED) is 0.505. The first-order valence-electron chi connectivity index (χ1n) is 10.5. The highest BCUT2D eigenvalue weighted by molar-refractivity contribution is 8.18. The van der Waals surface area contributed by atoms with Crippen molar-refractivity contribution in [2.24, 2.45) is 0 Å². The second kappa shape index (κ2) is 11.8. The van der Waals surface area contributed by atoms with Gasteiger partial charge in [0.1, 0.15) is 18.4 Å². The number of nitrogens with one attached hydrogen (secondary N) is 1. The number of hydrogen-bond donors (Lipinski definition) is 1. The number of carbonyl (C=O) groups is 3. The molecule has 0 aliphatic carbocycles. The lowest BCUT2D eigenvalue weighted by Crippen LogP contribution is -2.36. The molecule has 34 heavy (non-hydrogen) atoms. The molecule has 9 nitrogen and oxygen atoms in total. The van der Waals surface area contributed by atoms with Gasteiger partial charge in [-0.3, -0.25) is 19.3 Å². The summed E-state index contributed by atoms with van der Waals surface area (Å²) in [7, 11) is 0. The van der Waals surface area contributed by atoms with E-state index >= 15 is 0 Å². The Morgan fingerprint density at radius 1 is 1.06 bits per heavy atom. The van der Waals surface area contributed by atoms with Gasteiger partial charge in [0.05, 0.1) is 18.1 Å². The Morgan fingerprint density at radius 2 is 1.79 bits per heavy atom. The predicted octanol–water partition coefficient (Wildman–Crippen LogP) is 4.06. The fourth-order valence-electron chi connectivity index (χ4n) is 3.04. The number of benzene rings is 2. The van der Waals surface area contributed by atoms with E-state index in [4.69, 9.17) is 19.5 Å². The Kier molecular flexibility index (Phi) is 8.54. The van der Waals surface area contributed by atoms with Gasteiger partial charge in [-0.2, -0.15) is 5.26 Å². The van der Waals surface area contributed by atoms with Crippen molar-refractivity contribution in [1.29, 1.82) is 5.26 Å². The second-order valence-electron chi connectivity index (χ2n) is 6.86. The van der Waals surface area contributed by atoms with Gasteiger partial charge in [-0.25, -0.2) is 0 Å². The number of carbonyl (C=O) groups excluding carboxylic acids is 3. The van der Waals surface area contributed by atoms with Crippen molar-refractivity contribution >= 4 is 40.6 Å². The van der Waals surface area contributed by atoms with Gasteiger partial charge >= 0.3 is 0 Å². The molecule has 0 spiro atoms. The zero-order chi connectivity index (χ0) is 24.5. The van der Waals surface area contributed by atoms with Crippen molar-refractivity contribution in [2.45, 2.75) is 13.8 Å². The number of anilines is 1. The molecule has 2 aromatic carbocycles. The van der Waals surface area contributed by atoms with Crippen molar-refractivity contribution in [3.8, 4) is 23.3 Å². The van der Waals surface area contributed by atoms with Gasteiger partial charge in [-0.1, -0.05) is 6.07 Å². The number of imide groups is 1. The molecule has 176 valence electrons. The summed E-state index contributed by atoms with van der Waals surface area (Å²) in [5.74, 6) is 0.443. The van der Waals surface area contributed by atoms with E-state index in [9.17, 15) is 14.4 Å². The maximum atomic E-state index is 12.8. The summed E-state index contributed by atoms with van der Waals surface area (Å²) in [6.45, 7) is 4.07. The second-order valence-corrected chi connectivity index (χ2v) is 7.85. The van der Waals surface area contributed by atoms with Crippen LogP contribution in [0, 0.1) is 11.3 Å². The molecule has 1 fully saturated rings.